The lowest BCUT2D eigenvalue weighted by molar-refractivity contribution is -0.136. The van der Waals surface area contributed by atoms with E-state index in [1.54, 1.807) is 0 Å². The number of halogens is 3. The topological polar surface area (TPSA) is 29.3 Å². The summed E-state index contributed by atoms with van der Waals surface area (Å²) in [6, 6.07) is 0. The number of alkyl halides is 3. The zero-order valence-electron chi connectivity index (χ0n) is 10.4. The van der Waals surface area contributed by atoms with Gasteiger partial charge in [0.2, 0.25) is 0 Å². The van der Waals surface area contributed by atoms with Crippen LogP contribution < -0.4 is 5.73 Å². The number of nitrogens with two attached hydrogens (primary N) is 1. The number of nitrogens with zero attached hydrogens (tertiary/aromatic N) is 1. The molecular weight excluding hydrogens is 217 g/mol. The van der Waals surface area contributed by atoms with E-state index in [1.165, 1.54) is 0 Å². The van der Waals surface area contributed by atoms with Crippen LogP contribution in [0.25, 0.3) is 0 Å². The Morgan fingerprint density at radius 3 is 2.06 bits per heavy atom. The Morgan fingerprint density at radius 1 is 1.12 bits per heavy atom. The molecule has 0 bridgehead atoms. The highest BCUT2D eigenvalue weighted by Gasteiger charge is 2.29. The second kappa shape index (κ2) is 6.45. The molecule has 0 rings (SSSR count). The molecule has 0 atom stereocenters. The standard InChI is InChI=1S/C11H23F3N2/c1-4-7-16(10(2,3)9-15)8-5-6-11(12,13)14/h4-9,15H2,1-3H3. The van der Waals surface area contributed by atoms with Gasteiger partial charge in [-0.1, -0.05) is 6.92 Å². The third-order valence-electron chi connectivity index (χ3n) is 2.74. The fourth-order valence-electron chi connectivity index (χ4n) is 1.59. The van der Waals surface area contributed by atoms with Gasteiger partial charge < -0.3 is 5.73 Å². The van der Waals surface area contributed by atoms with Crippen LogP contribution in [0.1, 0.15) is 40.0 Å². The molecule has 0 fully saturated rings. The third-order valence-corrected chi connectivity index (χ3v) is 2.74. The normalized spacial score (nSPS) is 13.5. The predicted octanol–water partition coefficient (Wildman–Crippen LogP) is 2.78. The average Bonchev–Trinajstić information content (AvgIpc) is 2.14. The molecule has 0 aliphatic heterocycles. The van der Waals surface area contributed by atoms with Crippen LogP contribution in [0.4, 0.5) is 13.2 Å². The molecule has 0 spiro atoms. The van der Waals surface area contributed by atoms with Crippen molar-refractivity contribution in [2.24, 2.45) is 5.73 Å². The van der Waals surface area contributed by atoms with Crippen LogP contribution in [-0.4, -0.2) is 36.2 Å². The van der Waals surface area contributed by atoms with E-state index in [9.17, 15) is 13.2 Å². The molecular formula is C11H23F3N2. The first kappa shape index (κ1) is 15.7. The molecule has 0 aromatic rings. The molecule has 0 heterocycles. The van der Waals surface area contributed by atoms with Gasteiger partial charge in [0.1, 0.15) is 0 Å². The quantitative estimate of drug-likeness (QED) is 0.741. The van der Waals surface area contributed by atoms with Crippen LogP contribution in [0.15, 0.2) is 0 Å². The maximum atomic E-state index is 12.0. The zero-order valence-corrected chi connectivity index (χ0v) is 10.4. The van der Waals surface area contributed by atoms with Crippen LogP contribution in [-0.2, 0) is 0 Å². The molecule has 0 aliphatic rings. The second-order valence-corrected chi connectivity index (χ2v) is 4.72. The predicted molar refractivity (Wildman–Crippen MR) is 60.3 cm³/mol. The van der Waals surface area contributed by atoms with Gasteiger partial charge >= 0.3 is 6.18 Å². The fraction of sp³-hybridized carbons (Fsp3) is 1.00. The lowest BCUT2D eigenvalue weighted by Gasteiger charge is -2.37. The van der Waals surface area contributed by atoms with E-state index in [2.05, 4.69) is 0 Å². The lowest BCUT2D eigenvalue weighted by atomic mass is 10.0. The summed E-state index contributed by atoms with van der Waals surface area (Å²) < 4.78 is 36.1. The molecule has 2 nitrogen and oxygen atoms in total. The summed E-state index contributed by atoms with van der Waals surface area (Å²) >= 11 is 0. The minimum Gasteiger partial charge on any atom is -0.329 e. The minimum absolute atomic E-state index is 0.146. The molecule has 0 saturated heterocycles. The lowest BCUT2D eigenvalue weighted by Crippen LogP contribution is -2.50. The summed E-state index contributed by atoms with van der Waals surface area (Å²) in [5.41, 5.74) is 5.41. The van der Waals surface area contributed by atoms with E-state index < -0.39 is 12.6 Å². The van der Waals surface area contributed by atoms with Crippen molar-refractivity contribution < 1.29 is 13.2 Å². The molecule has 2 N–H and O–H groups in total. The smallest absolute Gasteiger partial charge is 0.329 e. The van der Waals surface area contributed by atoms with Gasteiger partial charge in [-0.3, -0.25) is 4.90 Å². The summed E-state index contributed by atoms with van der Waals surface area (Å²) in [5, 5.41) is 0. The van der Waals surface area contributed by atoms with Crippen LogP contribution >= 0.6 is 0 Å². The van der Waals surface area contributed by atoms with Crippen LogP contribution in [0.3, 0.4) is 0 Å². The van der Waals surface area contributed by atoms with Crippen LogP contribution in [0, 0.1) is 0 Å². The zero-order chi connectivity index (χ0) is 12.8. The van der Waals surface area contributed by atoms with E-state index in [0.29, 0.717) is 13.1 Å². The highest BCUT2D eigenvalue weighted by Crippen LogP contribution is 2.23. The molecule has 16 heavy (non-hydrogen) atoms. The highest BCUT2D eigenvalue weighted by atomic mass is 19.4. The molecule has 0 aromatic heterocycles. The van der Waals surface area contributed by atoms with E-state index in [1.807, 2.05) is 25.7 Å². The van der Waals surface area contributed by atoms with E-state index in [4.69, 9.17) is 5.73 Å². The first-order valence-corrected chi connectivity index (χ1v) is 5.75. The SMILES string of the molecule is CCCN(CCCC(F)(F)F)C(C)(C)CN. The molecule has 5 heteroatoms. The summed E-state index contributed by atoms with van der Waals surface area (Å²) in [6.45, 7) is 7.66. The fourth-order valence-corrected chi connectivity index (χ4v) is 1.59. The van der Waals surface area contributed by atoms with Crippen molar-refractivity contribution in [1.29, 1.82) is 0 Å². The van der Waals surface area contributed by atoms with E-state index >= 15 is 0 Å². The number of hydrogen-bond acceptors (Lipinski definition) is 2. The molecule has 0 unspecified atom stereocenters. The monoisotopic (exact) mass is 240 g/mol. The average molecular weight is 240 g/mol. The Kier molecular flexibility index (Phi) is 6.33. The maximum Gasteiger partial charge on any atom is 0.389 e. The van der Waals surface area contributed by atoms with Crippen molar-refractivity contribution in [3.8, 4) is 0 Å². The van der Waals surface area contributed by atoms with Crippen molar-refractivity contribution in [3.05, 3.63) is 0 Å². The number of hydrogen-bond donors (Lipinski definition) is 1. The summed E-state index contributed by atoms with van der Waals surface area (Å²) in [5.74, 6) is 0. The Balaban J connectivity index is 4.14. The number of rotatable bonds is 7. The van der Waals surface area contributed by atoms with Gasteiger partial charge in [0.05, 0.1) is 0 Å². The Morgan fingerprint density at radius 2 is 1.69 bits per heavy atom. The molecule has 98 valence electrons. The van der Waals surface area contributed by atoms with Gasteiger partial charge in [0.25, 0.3) is 0 Å². The summed E-state index contributed by atoms with van der Waals surface area (Å²) in [7, 11) is 0. The molecule has 0 amide bonds. The van der Waals surface area contributed by atoms with Crippen molar-refractivity contribution in [3.63, 3.8) is 0 Å². The molecule has 0 saturated carbocycles. The van der Waals surface area contributed by atoms with Crippen molar-refractivity contribution in [2.45, 2.75) is 51.7 Å². The summed E-state index contributed by atoms with van der Waals surface area (Å²) in [6.07, 6.45) is -3.69. The second-order valence-electron chi connectivity index (χ2n) is 4.72. The minimum atomic E-state index is -4.05. The first-order valence-electron chi connectivity index (χ1n) is 5.75. The molecule has 0 radical (unpaired) electrons. The maximum absolute atomic E-state index is 12.0. The van der Waals surface area contributed by atoms with Gasteiger partial charge in [-0.05, 0) is 39.8 Å². The van der Waals surface area contributed by atoms with Crippen LogP contribution in [0.2, 0.25) is 0 Å². The molecule has 0 aromatic carbocycles. The van der Waals surface area contributed by atoms with Gasteiger partial charge in [0, 0.05) is 18.5 Å². The van der Waals surface area contributed by atoms with Crippen molar-refractivity contribution in [2.75, 3.05) is 19.6 Å². The largest absolute Gasteiger partial charge is 0.389 e. The van der Waals surface area contributed by atoms with E-state index in [0.717, 1.165) is 13.0 Å². The van der Waals surface area contributed by atoms with Gasteiger partial charge in [-0.15, -0.1) is 0 Å². The Bertz CT molecular complexity index is 190. The van der Waals surface area contributed by atoms with Gasteiger partial charge in [-0.2, -0.15) is 13.2 Å². The van der Waals surface area contributed by atoms with E-state index in [-0.39, 0.29) is 12.0 Å². The highest BCUT2D eigenvalue weighted by molar-refractivity contribution is 4.82. The summed E-state index contributed by atoms with van der Waals surface area (Å²) in [4.78, 5) is 2.04. The van der Waals surface area contributed by atoms with Crippen molar-refractivity contribution in [1.82, 2.24) is 4.90 Å². The Hall–Kier alpha value is -0.290. The van der Waals surface area contributed by atoms with Crippen molar-refractivity contribution >= 4 is 0 Å². The third kappa shape index (κ3) is 6.33. The Labute approximate surface area is 96.0 Å². The van der Waals surface area contributed by atoms with Gasteiger partial charge in [-0.25, -0.2) is 0 Å². The first-order chi connectivity index (χ1) is 7.23. The van der Waals surface area contributed by atoms with Crippen LogP contribution in [0.5, 0.6) is 0 Å². The van der Waals surface area contributed by atoms with Gasteiger partial charge in [0.15, 0.2) is 0 Å². The molecule has 0 aliphatic carbocycles.